The van der Waals surface area contributed by atoms with E-state index in [2.05, 4.69) is 68.4 Å². The summed E-state index contributed by atoms with van der Waals surface area (Å²) in [5, 5.41) is -1.03. The van der Waals surface area contributed by atoms with Gasteiger partial charge in [0.2, 0.25) is 11.9 Å². The van der Waals surface area contributed by atoms with Crippen molar-refractivity contribution in [2.24, 2.45) is 0 Å². The van der Waals surface area contributed by atoms with E-state index in [1.165, 1.54) is 22.3 Å². The van der Waals surface area contributed by atoms with Crippen molar-refractivity contribution in [1.29, 1.82) is 0 Å². The second-order valence-corrected chi connectivity index (χ2v) is 14.9. The highest BCUT2D eigenvalue weighted by molar-refractivity contribution is 6.10. The highest BCUT2D eigenvalue weighted by Gasteiger charge is 2.35. The van der Waals surface area contributed by atoms with Crippen molar-refractivity contribution in [2.45, 2.75) is 19.3 Å². The molecule has 0 atom stereocenters. The number of para-hydroxylation sites is 4. The van der Waals surface area contributed by atoms with Gasteiger partial charge >= 0.3 is 0 Å². The van der Waals surface area contributed by atoms with Gasteiger partial charge in [-0.2, -0.15) is 15.0 Å². The van der Waals surface area contributed by atoms with Crippen molar-refractivity contribution in [3.8, 4) is 56.7 Å². The molecule has 1 aliphatic carbocycles. The van der Waals surface area contributed by atoms with Crippen LogP contribution in [0.15, 0.2) is 188 Å². The van der Waals surface area contributed by atoms with Gasteiger partial charge < -0.3 is 0 Å². The van der Waals surface area contributed by atoms with Crippen molar-refractivity contribution in [2.75, 3.05) is 0 Å². The summed E-state index contributed by atoms with van der Waals surface area (Å²) in [7, 11) is 0. The summed E-state index contributed by atoms with van der Waals surface area (Å²) < 4.78 is 144. The van der Waals surface area contributed by atoms with E-state index in [0.29, 0.717) is 5.56 Å². The van der Waals surface area contributed by atoms with Crippen LogP contribution in [-0.2, 0) is 5.41 Å². The summed E-state index contributed by atoms with van der Waals surface area (Å²) in [4.78, 5) is 14.4. The van der Waals surface area contributed by atoms with E-state index in [9.17, 15) is 5.48 Å². The molecule has 0 saturated heterocycles. The molecule has 0 spiro atoms. The number of hydrogen-bond acceptors (Lipinski definition) is 3. The summed E-state index contributed by atoms with van der Waals surface area (Å²) in [5.41, 5.74) is 7.68. The molecule has 0 fully saturated rings. The van der Waals surface area contributed by atoms with E-state index >= 15 is 0 Å². The van der Waals surface area contributed by atoms with Crippen molar-refractivity contribution in [3.63, 3.8) is 0 Å². The smallest absolute Gasteiger partial charge is 0.240 e. The predicted octanol–water partition coefficient (Wildman–Crippen LogP) is 13.4. The van der Waals surface area contributed by atoms with Crippen LogP contribution in [0.3, 0.4) is 0 Å². The van der Waals surface area contributed by atoms with Crippen LogP contribution in [0.25, 0.3) is 100 Å². The molecule has 5 heteroatoms. The number of hydrogen-bond donors (Lipinski definition) is 0. The van der Waals surface area contributed by atoms with E-state index in [1.807, 2.05) is 24.3 Å². The Morgan fingerprint density at radius 3 is 1.29 bits per heavy atom. The van der Waals surface area contributed by atoms with Gasteiger partial charge in [-0.25, -0.2) is 0 Å². The third-order valence-corrected chi connectivity index (χ3v) is 11.4. The fourth-order valence-corrected chi connectivity index (χ4v) is 8.48. The van der Waals surface area contributed by atoms with E-state index in [0.717, 1.165) is 31.4 Å². The lowest BCUT2D eigenvalue weighted by Gasteiger charge is -2.22. The molecule has 59 heavy (non-hydrogen) atoms. The number of rotatable bonds is 5. The van der Waals surface area contributed by atoms with Crippen LogP contribution in [0.2, 0.25) is 0 Å². The molecule has 5 nitrogen and oxygen atoms in total. The minimum atomic E-state index is -0.693. The van der Waals surface area contributed by atoms with Crippen LogP contribution >= 0.6 is 0 Å². The van der Waals surface area contributed by atoms with Gasteiger partial charge in [0, 0.05) is 32.5 Å². The van der Waals surface area contributed by atoms with Gasteiger partial charge in [0.05, 0.1) is 44.0 Å². The molecule has 0 N–H and O–H groups in total. The molecule has 0 bridgehead atoms. The van der Waals surface area contributed by atoms with Crippen molar-refractivity contribution in [1.82, 2.24) is 24.1 Å². The minimum absolute atomic E-state index is 0.132. The minimum Gasteiger partial charge on any atom is -0.278 e. The molecule has 0 radical (unpaired) electrons. The van der Waals surface area contributed by atoms with E-state index < -0.39 is 109 Å². The lowest BCUT2D eigenvalue weighted by atomic mass is 9.81. The number of nitrogens with zero attached hydrogens (tertiary/aromatic N) is 5. The maximum Gasteiger partial charge on any atom is 0.240 e. The van der Waals surface area contributed by atoms with Crippen LogP contribution in [0, 0.1) is 0 Å². The summed E-state index contributed by atoms with van der Waals surface area (Å²) in [5.74, 6) is -1.05. The zero-order valence-corrected chi connectivity index (χ0v) is 31.4. The lowest BCUT2D eigenvalue weighted by molar-refractivity contribution is 0.660. The summed E-state index contributed by atoms with van der Waals surface area (Å²) in [6.45, 7) is 4.48. The molecular formula is C54H37N5. The van der Waals surface area contributed by atoms with Gasteiger partial charge in [-0.1, -0.05) is 171 Å². The molecule has 0 aliphatic heterocycles. The fourth-order valence-electron chi connectivity index (χ4n) is 8.48. The summed E-state index contributed by atoms with van der Waals surface area (Å²) >= 11 is 0. The third-order valence-electron chi connectivity index (χ3n) is 11.4. The van der Waals surface area contributed by atoms with E-state index in [-0.39, 0.29) is 54.9 Å². The Morgan fingerprint density at radius 2 is 0.797 bits per heavy atom. The van der Waals surface area contributed by atoms with Gasteiger partial charge in [0.25, 0.3) is 0 Å². The molecule has 3 heterocycles. The third kappa shape index (κ3) is 5.08. The van der Waals surface area contributed by atoms with Crippen molar-refractivity contribution >= 4 is 43.6 Å². The molecule has 11 aromatic rings. The Hall–Kier alpha value is -7.63. The molecule has 0 amide bonds. The second kappa shape index (κ2) is 12.7. The first-order chi connectivity index (χ1) is 35.6. The Morgan fingerprint density at radius 1 is 0.407 bits per heavy atom. The maximum absolute atomic E-state index is 9.18. The number of aromatic nitrogens is 5. The average Bonchev–Trinajstić information content (AvgIpc) is 4.19. The molecule has 12 rings (SSSR count). The van der Waals surface area contributed by atoms with Crippen LogP contribution in [0.1, 0.15) is 46.9 Å². The molecule has 0 saturated carbocycles. The number of fused-ring (bicyclic) bond motifs is 9. The Bertz CT molecular complexity index is 4060. The first kappa shape index (κ1) is 21.2. The molecule has 8 aromatic carbocycles. The van der Waals surface area contributed by atoms with Crippen LogP contribution in [0.4, 0.5) is 0 Å². The largest absolute Gasteiger partial charge is 0.278 e. The number of benzene rings is 8. The fraction of sp³-hybridized carbons (Fsp3) is 0.0556. The Labute approximate surface area is 364 Å². The first-order valence-corrected chi connectivity index (χ1v) is 18.9. The van der Waals surface area contributed by atoms with Gasteiger partial charge in [0.15, 0.2) is 5.82 Å². The molecule has 1 aliphatic rings. The standard InChI is InChI=1S/C54H37N5/c1-54(2)45-18-8-3-13-39(45)40-32-31-38(33-46(40)54)36-25-23-34(24-26-36)35-27-29-37(30-28-35)51-55-52(58-47-19-9-4-14-41(47)42-15-5-10-20-48(42)58)57-53(56-51)59-49-21-11-6-16-43(49)44-17-7-12-22-50(44)59/h3-33H,1-2H3/i4D,5D,6D,7D,9D,10D,11D,12D,14D,15D,16D,17D,19D,20D,21D,22D. The van der Waals surface area contributed by atoms with Gasteiger partial charge in [-0.15, -0.1) is 0 Å². The van der Waals surface area contributed by atoms with Gasteiger partial charge in [-0.05, 0) is 74.7 Å². The first-order valence-electron chi connectivity index (χ1n) is 26.9. The normalized spacial score (nSPS) is 16.8. The monoisotopic (exact) mass is 771 g/mol. The highest BCUT2D eigenvalue weighted by Crippen LogP contribution is 2.49. The van der Waals surface area contributed by atoms with Crippen LogP contribution < -0.4 is 0 Å². The highest BCUT2D eigenvalue weighted by atomic mass is 15.3. The van der Waals surface area contributed by atoms with Crippen molar-refractivity contribution < 1.29 is 21.9 Å². The maximum atomic E-state index is 9.18. The lowest BCUT2D eigenvalue weighted by Crippen LogP contribution is -2.14. The van der Waals surface area contributed by atoms with Gasteiger partial charge in [0.1, 0.15) is 0 Å². The Kier molecular flexibility index (Phi) is 4.56. The SMILES string of the molecule is [2H]c1c([2H])c([2H])c2c(c1[2H])c1c([2H])c([2H])c([2H])c([2H])c1n2-c1nc(-c2ccc(-c3ccc(-c4ccc5c(c4)C(C)(C)c4ccccc4-5)cc3)cc2)nc(-n2c3c([2H])c([2H])c([2H])c([2H])c3c3c([2H])c([2H])c([2H])c([2H])c32)n1. The molecule has 3 aromatic heterocycles. The average molecular weight is 772 g/mol. The molecular weight excluding hydrogens is 719 g/mol. The summed E-state index contributed by atoms with van der Waals surface area (Å²) in [6, 6.07) is 19.8. The van der Waals surface area contributed by atoms with E-state index in [4.69, 9.17) is 31.4 Å². The molecule has 278 valence electrons. The topological polar surface area (TPSA) is 48.5 Å². The molecule has 0 unspecified atom stereocenters. The second-order valence-electron chi connectivity index (χ2n) is 14.9. The van der Waals surface area contributed by atoms with Crippen molar-refractivity contribution in [3.05, 3.63) is 199 Å². The van der Waals surface area contributed by atoms with Crippen LogP contribution in [-0.4, -0.2) is 24.1 Å². The van der Waals surface area contributed by atoms with E-state index in [1.54, 1.807) is 12.1 Å². The van der Waals surface area contributed by atoms with Gasteiger partial charge in [-0.3, -0.25) is 9.13 Å². The van der Waals surface area contributed by atoms with Crippen LogP contribution in [0.5, 0.6) is 0 Å². The zero-order valence-electron chi connectivity index (χ0n) is 47.4. The zero-order chi connectivity index (χ0) is 53.2. The quantitative estimate of drug-likeness (QED) is 0.175. The summed E-state index contributed by atoms with van der Waals surface area (Å²) in [6.07, 6.45) is 0. The Balaban J connectivity index is 1.09. The predicted molar refractivity (Wildman–Crippen MR) is 242 cm³/mol.